The van der Waals surface area contributed by atoms with Gasteiger partial charge in [-0.1, -0.05) is 31.0 Å². The van der Waals surface area contributed by atoms with E-state index in [-0.39, 0.29) is 22.9 Å². The predicted octanol–water partition coefficient (Wildman–Crippen LogP) is 2.80. The second-order valence-electron chi connectivity index (χ2n) is 7.32. The fourth-order valence-corrected chi connectivity index (χ4v) is 5.19. The normalized spacial score (nSPS) is 15.7. The molecule has 2 heterocycles. The van der Waals surface area contributed by atoms with Crippen molar-refractivity contribution >= 4 is 32.7 Å². The number of para-hydroxylation sites is 1. The summed E-state index contributed by atoms with van der Waals surface area (Å²) in [7, 11) is -3.66. The molecule has 0 unspecified atom stereocenters. The summed E-state index contributed by atoms with van der Waals surface area (Å²) >= 11 is 0. The topological polar surface area (TPSA) is 102 Å². The molecule has 0 saturated carbocycles. The number of fused-ring (bicyclic) bond motifs is 1. The minimum atomic E-state index is -3.66. The zero-order valence-corrected chi connectivity index (χ0v) is 17.2. The summed E-state index contributed by atoms with van der Waals surface area (Å²) in [5, 5.41) is 2.71. The maximum absolute atomic E-state index is 13.0. The number of sulfonamides is 1. The first kappa shape index (κ1) is 20.4. The molecule has 0 radical (unpaired) electrons. The van der Waals surface area contributed by atoms with Gasteiger partial charge < -0.3 is 9.73 Å². The number of hydrogen-bond acceptors (Lipinski definition) is 5. The highest BCUT2D eigenvalue weighted by Gasteiger charge is 2.26. The van der Waals surface area contributed by atoms with Gasteiger partial charge in [-0.15, -0.1) is 0 Å². The lowest BCUT2D eigenvalue weighted by atomic mass is 10.2. The Morgan fingerprint density at radius 2 is 1.70 bits per heavy atom. The Labute approximate surface area is 174 Å². The second-order valence-corrected chi connectivity index (χ2v) is 9.25. The van der Waals surface area contributed by atoms with Crippen LogP contribution in [0.5, 0.6) is 0 Å². The van der Waals surface area contributed by atoms with E-state index < -0.39 is 15.8 Å². The van der Waals surface area contributed by atoms with Gasteiger partial charge in [0.25, 0.3) is 0 Å². The van der Waals surface area contributed by atoms with Gasteiger partial charge in [0.2, 0.25) is 15.9 Å². The van der Waals surface area contributed by atoms with Crippen LogP contribution >= 0.6 is 0 Å². The van der Waals surface area contributed by atoms with E-state index in [4.69, 9.17) is 4.42 Å². The van der Waals surface area contributed by atoms with Crippen LogP contribution in [0.25, 0.3) is 11.1 Å². The number of carbonyl (C=O) groups is 1. The van der Waals surface area contributed by atoms with Gasteiger partial charge in [0.15, 0.2) is 5.58 Å². The number of nitrogens with one attached hydrogen (secondary N) is 1. The van der Waals surface area contributed by atoms with E-state index in [1.807, 2.05) is 6.07 Å². The number of aromatic nitrogens is 1. The zero-order valence-electron chi connectivity index (χ0n) is 16.4. The first-order chi connectivity index (χ1) is 14.4. The van der Waals surface area contributed by atoms with Crippen LogP contribution < -0.4 is 11.1 Å². The Morgan fingerprint density at radius 3 is 2.40 bits per heavy atom. The lowest BCUT2D eigenvalue weighted by Crippen LogP contribution is -2.31. The number of anilines is 1. The van der Waals surface area contributed by atoms with Crippen molar-refractivity contribution < 1.29 is 17.6 Å². The molecular weight excluding hydrogens is 406 g/mol. The molecule has 0 spiro atoms. The molecule has 158 valence electrons. The highest BCUT2D eigenvalue weighted by Crippen LogP contribution is 2.24. The van der Waals surface area contributed by atoms with Crippen LogP contribution in [0.1, 0.15) is 25.7 Å². The molecule has 4 rings (SSSR count). The van der Waals surface area contributed by atoms with Crippen LogP contribution in [0.2, 0.25) is 0 Å². The van der Waals surface area contributed by atoms with Crippen LogP contribution in [-0.4, -0.2) is 36.3 Å². The molecule has 1 fully saturated rings. The van der Waals surface area contributed by atoms with Gasteiger partial charge in [-0.3, -0.25) is 9.36 Å². The van der Waals surface area contributed by atoms with Crippen molar-refractivity contribution in [2.45, 2.75) is 37.1 Å². The minimum Gasteiger partial charge on any atom is -0.408 e. The fourth-order valence-electron chi connectivity index (χ4n) is 3.65. The van der Waals surface area contributed by atoms with Crippen LogP contribution in [0.4, 0.5) is 5.69 Å². The standard InChI is InChI=1S/C21H23N3O5S/c25-20(22-16-8-4-3-5-9-16)15-24-18-11-10-17(14-19(18)29-21(24)26)30(27,28)23-12-6-1-2-7-13-23/h3-5,8-11,14H,1-2,6-7,12-13,15H2,(H,22,25). The van der Waals surface area contributed by atoms with E-state index in [0.717, 1.165) is 25.7 Å². The molecule has 1 aliphatic rings. The Morgan fingerprint density at radius 1 is 1.00 bits per heavy atom. The van der Waals surface area contributed by atoms with Gasteiger partial charge in [0.1, 0.15) is 6.54 Å². The van der Waals surface area contributed by atoms with Gasteiger partial charge in [-0.2, -0.15) is 4.31 Å². The van der Waals surface area contributed by atoms with E-state index in [9.17, 15) is 18.0 Å². The van der Waals surface area contributed by atoms with Crippen molar-refractivity contribution in [3.63, 3.8) is 0 Å². The Balaban J connectivity index is 1.59. The van der Waals surface area contributed by atoms with E-state index >= 15 is 0 Å². The highest BCUT2D eigenvalue weighted by molar-refractivity contribution is 7.89. The van der Waals surface area contributed by atoms with Gasteiger partial charge in [0.05, 0.1) is 10.4 Å². The summed E-state index contributed by atoms with van der Waals surface area (Å²) in [6.45, 7) is 0.745. The molecule has 9 heteroatoms. The number of carbonyl (C=O) groups excluding carboxylic acids is 1. The highest BCUT2D eigenvalue weighted by atomic mass is 32.2. The van der Waals surface area contributed by atoms with Gasteiger partial charge in [-0.25, -0.2) is 13.2 Å². The van der Waals surface area contributed by atoms with Gasteiger partial charge in [0, 0.05) is 24.8 Å². The average molecular weight is 429 g/mol. The Kier molecular flexibility index (Phi) is 5.74. The summed E-state index contributed by atoms with van der Waals surface area (Å²) in [5.41, 5.74) is 1.13. The average Bonchev–Trinajstić information content (AvgIpc) is 2.91. The summed E-state index contributed by atoms with van der Waals surface area (Å²) in [6.07, 6.45) is 3.72. The molecule has 0 atom stereocenters. The van der Waals surface area contributed by atoms with E-state index in [2.05, 4.69) is 5.32 Å². The van der Waals surface area contributed by atoms with E-state index in [0.29, 0.717) is 24.3 Å². The Hall–Kier alpha value is -2.91. The fraction of sp³-hybridized carbons (Fsp3) is 0.333. The molecule has 1 saturated heterocycles. The smallest absolute Gasteiger partial charge is 0.408 e. The number of benzene rings is 2. The summed E-state index contributed by atoms with van der Waals surface area (Å²) in [4.78, 5) is 24.7. The molecule has 3 aromatic rings. The molecule has 0 bridgehead atoms. The largest absolute Gasteiger partial charge is 0.420 e. The lowest BCUT2D eigenvalue weighted by molar-refractivity contribution is -0.116. The third-order valence-electron chi connectivity index (χ3n) is 5.20. The minimum absolute atomic E-state index is 0.0894. The summed E-state index contributed by atoms with van der Waals surface area (Å²) < 4.78 is 33.9. The summed E-state index contributed by atoms with van der Waals surface area (Å²) in [6, 6.07) is 13.2. The quantitative estimate of drug-likeness (QED) is 0.672. The maximum atomic E-state index is 13.0. The number of rotatable bonds is 5. The number of oxazole rings is 1. The van der Waals surface area contributed by atoms with Crippen molar-refractivity contribution in [3.05, 3.63) is 59.1 Å². The Bertz CT molecular complexity index is 1210. The summed E-state index contributed by atoms with van der Waals surface area (Å²) in [5.74, 6) is -1.09. The number of nitrogens with zero attached hydrogens (tertiary/aromatic N) is 2. The first-order valence-corrected chi connectivity index (χ1v) is 11.4. The van der Waals surface area contributed by atoms with E-state index in [1.54, 1.807) is 24.3 Å². The monoisotopic (exact) mass is 429 g/mol. The molecular formula is C21H23N3O5S. The maximum Gasteiger partial charge on any atom is 0.420 e. The van der Waals surface area contributed by atoms with Crippen molar-refractivity contribution in [3.8, 4) is 0 Å². The van der Waals surface area contributed by atoms with Crippen LogP contribution in [0.3, 0.4) is 0 Å². The van der Waals surface area contributed by atoms with Crippen LogP contribution in [-0.2, 0) is 21.4 Å². The van der Waals surface area contributed by atoms with E-state index in [1.165, 1.54) is 27.1 Å². The van der Waals surface area contributed by atoms with Crippen LogP contribution in [0.15, 0.2) is 62.6 Å². The number of amides is 1. The molecule has 2 aromatic carbocycles. The lowest BCUT2D eigenvalue weighted by Gasteiger charge is -2.19. The second kappa shape index (κ2) is 8.45. The van der Waals surface area contributed by atoms with Gasteiger partial charge in [-0.05, 0) is 37.1 Å². The zero-order chi connectivity index (χ0) is 21.1. The number of hydrogen-bond donors (Lipinski definition) is 1. The molecule has 30 heavy (non-hydrogen) atoms. The predicted molar refractivity (Wildman–Crippen MR) is 113 cm³/mol. The van der Waals surface area contributed by atoms with Crippen molar-refractivity contribution in [1.82, 2.24) is 8.87 Å². The molecule has 1 N–H and O–H groups in total. The third-order valence-corrected chi connectivity index (χ3v) is 7.10. The molecule has 8 nitrogen and oxygen atoms in total. The molecule has 1 aliphatic heterocycles. The van der Waals surface area contributed by atoms with Crippen molar-refractivity contribution in [2.24, 2.45) is 0 Å². The molecule has 1 amide bonds. The van der Waals surface area contributed by atoms with Crippen molar-refractivity contribution in [1.29, 1.82) is 0 Å². The molecule has 1 aromatic heterocycles. The SMILES string of the molecule is O=C(Cn1c(=O)oc2cc(S(=O)(=O)N3CCCCCC3)ccc21)Nc1ccccc1. The van der Waals surface area contributed by atoms with Gasteiger partial charge >= 0.3 is 5.76 Å². The van der Waals surface area contributed by atoms with Crippen LogP contribution in [0, 0.1) is 0 Å². The van der Waals surface area contributed by atoms with Crippen molar-refractivity contribution in [2.75, 3.05) is 18.4 Å². The first-order valence-electron chi connectivity index (χ1n) is 9.93. The third kappa shape index (κ3) is 4.17. The molecule has 0 aliphatic carbocycles.